The first-order valence-electron chi connectivity index (χ1n) is 6.11. The first-order chi connectivity index (χ1) is 8.11. The maximum absolute atomic E-state index is 12.3. The molecule has 1 fully saturated rings. The van der Waals surface area contributed by atoms with Gasteiger partial charge in [-0.05, 0) is 40.8 Å². The quantitative estimate of drug-likeness (QED) is 0.834. The molecule has 17 heavy (non-hydrogen) atoms. The molecular formula is C13H18BrNO2. The van der Waals surface area contributed by atoms with Gasteiger partial charge in [0.15, 0.2) is 4.67 Å². The molecule has 0 spiro atoms. The topological polar surface area (TPSA) is 33.5 Å². The Bertz CT molecular complexity index is 402. The van der Waals surface area contributed by atoms with Crippen molar-refractivity contribution in [1.82, 2.24) is 4.90 Å². The van der Waals surface area contributed by atoms with Crippen molar-refractivity contribution in [3.63, 3.8) is 0 Å². The van der Waals surface area contributed by atoms with Gasteiger partial charge in [-0.25, -0.2) is 0 Å². The van der Waals surface area contributed by atoms with Gasteiger partial charge < -0.3 is 9.32 Å². The Hall–Kier alpha value is -0.770. The average molecular weight is 300 g/mol. The summed E-state index contributed by atoms with van der Waals surface area (Å²) < 4.78 is 5.64. The van der Waals surface area contributed by atoms with E-state index in [-0.39, 0.29) is 5.91 Å². The van der Waals surface area contributed by atoms with E-state index in [9.17, 15) is 4.79 Å². The third-order valence-corrected chi connectivity index (χ3v) is 4.35. The summed E-state index contributed by atoms with van der Waals surface area (Å²) in [5, 5.41) is 0. The van der Waals surface area contributed by atoms with Gasteiger partial charge in [-0.1, -0.05) is 19.8 Å². The Morgan fingerprint density at radius 3 is 2.76 bits per heavy atom. The molecule has 1 amide bonds. The van der Waals surface area contributed by atoms with E-state index < -0.39 is 0 Å². The zero-order chi connectivity index (χ0) is 12.4. The molecule has 3 nitrogen and oxygen atoms in total. The monoisotopic (exact) mass is 299 g/mol. The van der Waals surface area contributed by atoms with Gasteiger partial charge in [0.05, 0.1) is 11.8 Å². The van der Waals surface area contributed by atoms with E-state index in [4.69, 9.17) is 4.42 Å². The van der Waals surface area contributed by atoms with Gasteiger partial charge in [0, 0.05) is 13.1 Å². The lowest BCUT2D eigenvalue weighted by Crippen LogP contribution is -2.42. The number of carbonyl (C=O) groups excluding carboxylic acids is 1. The SMILES string of the molecule is CC1CCCCC1N(C)C(=O)c1ccoc1Br. The van der Waals surface area contributed by atoms with E-state index in [1.807, 2.05) is 11.9 Å². The van der Waals surface area contributed by atoms with E-state index in [1.165, 1.54) is 25.5 Å². The number of hydrogen-bond acceptors (Lipinski definition) is 2. The Balaban J connectivity index is 2.11. The largest absolute Gasteiger partial charge is 0.457 e. The summed E-state index contributed by atoms with van der Waals surface area (Å²) in [5.74, 6) is 0.632. The fraction of sp³-hybridized carbons (Fsp3) is 0.615. The zero-order valence-corrected chi connectivity index (χ0v) is 11.9. The highest BCUT2D eigenvalue weighted by Gasteiger charge is 2.29. The van der Waals surface area contributed by atoms with Crippen molar-refractivity contribution in [3.8, 4) is 0 Å². The van der Waals surface area contributed by atoms with Gasteiger partial charge in [-0.3, -0.25) is 4.79 Å². The summed E-state index contributed by atoms with van der Waals surface area (Å²) in [6.45, 7) is 2.23. The van der Waals surface area contributed by atoms with Crippen LogP contribution >= 0.6 is 15.9 Å². The summed E-state index contributed by atoms with van der Waals surface area (Å²) in [6.07, 6.45) is 6.37. The second-order valence-corrected chi connectivity index (χ2v) is 5.57. The number of rotatable bonds is 2. The molecule has 4 heteroatoms. The second kappa shape index (κ2) is 5.25. The molecule has 1 aliphatic carbocycles. The van der Waals surface area contributed by atoms with Crippen LogP contribution in [-0.2, 0) is 0 Å². The van der Waals surface area contributed by atoms with Crippen LogP contribution in [0.15, 0.2) is 21.4 Å². The molecule has 1 heterocycles. The molecule has 0 radical (unpaired) electrons. The minimum Gasteiger partial charge on any atom is -0.457 e. The van der Waals surface area contributed by atoms with Crippen molar-refractivity contribution < 1.29 is 9.21 Å². The number of nitrogens with zero attached hydrogens (tertiary/aromatic N) is 1. The summed E-state index contributed by atoms with van der Waals surface area (Å²) in [5.41, 5.74) is 0.616. The third kappa shape index (κ3) is 2.57. The standard InChI is InChI=1S/C13H18BrNO2/c1-9-5-3-4-6-11(9)15(2)13(16)10-7-8-17-12(10)14/h7-9,11H,3-6H2,1-2H3. The van der Waals surface area contributed by atoms with Crippen LogP contribution < -0.4 is 0 Å². The molecule has 0 saturated heterocycles. The van der Waals surface area contributed by atoms with Crippen molar-refractivity contribution in [2.75, 3.05) is 7.05 Å². The lowest BCUT2D eigenvalue weighted by molar-refractivity contribution is 0.0627. The van der Waals surface area contributed by atoms with Gasteiger partial charge in [-0.2, -0.15) is 0 Å². The van der Waals surface area contributed by atoms with Crippen LogP contribution in [0.2, 0.25) is 0 Å². The minimum absolute atomic E-state index is 0.0457. The Morgan fingerprint density at radius 2 is 2.18 bits per heavy atom. The molecule has 0 bridgehead atoms. The van der Waals surface area contributed by atoms with Gasteiger partial charge in [0.25, 0.3) is 5.91 Å². The second-order valence-electron chi connectivity index (χ2n) is 4.85. The molecule has 2 atom stereocenters. The maximum atomic E-state index is 12.3. The van der Waals surface area contributed by atoms with Crippen molar-refractivity contribution in [2.24, 2.45) is 5.92 Å². The van der Waals surface area contributed by atoms with Crippen LogP contribution in [0, 0.1) is 5.92 Å². The van der Waals surface area contributed by atoms with Crippen LogP contribution in [0.1, 0.15) is 43.0 Å². The molecule has 0 N–H and O–H groups in total. The van der Waals surface area contributed by atoms with Crippen molar-refractivity contribution in [2.45, 2.75) is 38.6 Å². The molecule has 1 saturated carbocycles. The lowest BCUT2D eigenvalue weighted by Gasteiger charge is -2.36. The normalized spacial score (nSPS) is 24.6. The summed E-state index contributed by atoms with van der Waals surface area (Å²) in [6, 6.07) is 2.08. The number of hydrogen-bond donors (Lipinski definition) is 0. The van der Waals surface area contributed by atoms with Gasteiger partial charge >= 0.3 is 0 Å². The van der Waals surface area contributed by atoms with Crippen LogP contribution in [0.3, 0.4) is 0 Å². The average Bonchev–Trinajstić information content (AvgIpc) is 2.74. The fourth-order valence-corrected chi connectivity index (χ4v) is 3.07. The van der Waals surface area contributed by atoms with E-state index in [2.05, 4.69) is 22.9 Å². The first-order valence-corrected chi connectivity index (χ1v) is 6.90. The fourth-order valence-electron chi connectivity index (χ4n) is 2.66. The molecule has 2 rings (SSSR count). The highest BCUT2D eigenvalue weighted by atomic mass is 79.9. The van der Waals surface area contributed by atoms with Crippen molar-refractivity contribution in [3.05, 3.63) is 22.6 Å². The zero-order valence-electron chi connectivity index (χ0n) is 10.3. The van der Waals surface area contributed by atoms with E-state index in [0.29, 0.717) is 22.2 Å². The summed E-state index contributed by atoms with van der Waals surface area (Å²) >= 11 is 3.26. The molecule has 0 aromatic carbocycles. The van der Waals surface area contributed by atoms with E-state index >= 15 is 0 Å². The highest BCUT2D eigenvalue weighted by molar-refractivity contribution is 9.10. The molecule has 94 valence electrons. The lowest BCUT2D eigenvalue weighted by atomic mass is 9.85. The number of halogens is 1. The van der Waals surface area contributed by atoms with Gasteiger partial charge in [0.2, 0.25) is 0 Å². The number of amides is 1. The van der Waals surface area contributed by atoms with Gasteiger partial charge in [0.1, 0.15) is 0 Å². The van der Waals surface area contributed by atoms with Crippen molar-refractivity contribution >= 4 is 21.8 Å². The molecule has 1 aromatic heterocycles. The number of carbonyl (C=O) groups is 1. The maximum Gasteiger partial charge on any atom is 0.258 e. The molecule has 2 unspecified atom stereocenters. The smallest absolute Gasteiger partial charge is 0.258 e. The van der Waals surface area contributed by atoms with Crippen molar-refractivity contribution in [1.29, 1.82) is 0 Å². The van der Waals surface area contributed by atoms with Crippen LogP contribution in [-0.4, -0.2) is 23.9 Å². The Morgan fingerprint density at radius 1 is 1.47 bits per heavy atom. The van der Waals surface area contributed by atoms with Crippen LogP contribution in [0.5, 0.6) is 0 Å². The Labute approximate surface area is 110 Å². The molecule has 1 aromatic rings. The van der Waals surface area contributed by atoms with Crippen LogP contribution in [0.25, 0.3) is 0 Å². The predicted octanol–water partition coefficient (Wildman–Crippen LogP) is 3.69. The van der Waals surface area contributed by atoms with E-state index in [0.717, 1.165) is 6.42 Å². The van der Waals surface area contributed by atoms with Gasteiger partial charge in [-0.15, -0.1) is 0 Å². The summed E-state index contributed by atoms with van der Waals surface area (Å²) in [7, 11) is 1.90. The molecule has 0 aliphatic heterocycles. The highest BCUT2D eigenvalue weighted by Crippen LogP contribution is 2.29. The number of furan rings is 1. The summed E-state index contributed by atoms with van der Waals surface area (Å²) in [4.78, 5) is 14.2. The first kappa shape index (κ1) is 12.7. The van der Waals surface area contributed by atoms with Crippen LogP contribution in [0.4, 0.5) is 0 Å². The Kier molecular flexibility index (Phi) is 3.92. The molecule has 1 aliphatic rings. The minimum atomic E-state index is 0.0457. The van der Waals surface area contributed by atoms with E-state index in [1.54, 1.807) is 6.07 Å². The molecular weight excluding hydrogens is 282 g/mol. The third-order valence-electron chi connectivity index (χ3n) is 3.73. The predicted molar refractivity (Wildman–Crippen MR) is 69.9 cm³/mol.